The van der Waals surface area contributed by atoms with Gasteiger partial charge in [0.25, 0.3) is 0 Å². The van der Waals surface area contributed by atoms with Crippen LogP contribution in [0.5, 0.6) is 0 Å². The summed E-state index contributed by atoms with van der Waals surface area (Å²) in [5, 5.41) is 8.80. The van der Waals surface area contributed by atoms with Crippen molar-refractivity contribution in [3.05, 3.63) is 44.8 Å². The van der Waals surface area contributed by atoms with Crippen LogP contribution in [-0.4, -0.2) is 39.3 Å². The minimum atomic E-state index is -0.341. The molecule has 170 valence electrons. The van der Waals surface area contributed by atoms with Crippen molar-refractivity contribution in [1.82, 2.24) is 19.9 Å². The van der Waals surface area contributed by atoms with Gasteiger partial charge in [-0.05, 0) is 80.7 Å². The summed E-state index contributed by atoms with van der Waals surface area (Å²) in [6.45, 7) is 9.75. The molecule has 1 aliphatic carbocycles. The van der Waals surface area contributed by atoms with E-state index in [1.54, 1.807) is 11.3 Å². The summed E-state index contributed by atoms with van der Waals surface area (Å²) >= 11 is 3.90. The highest BCUT2D eigenvalue weighted by molar-refractivity contribution is 14.1. The van der Waals surface area contributed by atoms with Crippen LogP contribution in [0.4, 0.5) is 9.93 Å². The van der Waals surface area contributed by atoms with Crippen LogP contribution in [0.3, 0.4) is 0 Å². The van der Waals surface area contributed by atoms with Gasteiger partial charge in [0.1, 0.15) is 9.80 Å². The van der Waals surface area contributed by atoms with Crippen LogP contribution in [0.15, 0.2) is 24.3 Å². The van der Waals surface area contributed by atoms with E-state index in [9.17, 15) is 4.79 Å². The van der Waals surface area contributed by atoms with Gasteiger partial charge >= 0.3 is 6.09 Å². The zero-order valence-corrected chi connectivity index (χ0v) is 21.8. The highest BCUT2D eigenvalue weighted by Crippen LogP contribution is 2.54. The number of benzene rings is 1. The van der Waals surface area contributed by atoms with E-state index < -0.39 is 0 Å². The van der Waals surface area contributed by atoms with Crippen LogP contribution in [0.2, 0.25) is 0 Å². The Morgan fingerprint density at radius 2 is 2.00 bits per heavy atom. The van der Waals surface area contributed by atoms with E-state index >= 15 is 0 Å². The summed E-state index contributed by atoms with van der Waals surface area (Å²) in [4.78, 5) is 20.6. The lowest BCUT2D eigenvalue weighted by Gasteiger charge is -2.42. The number of hydrogen-bond donors (Lipinski definition) is 1. The second-order valence-electron chi connectivity index (χ2n) is 9.95. The predicted octanol–water partition coefficient (Wildman–Crippen LogP) is 5.11. The average Bonchev–Trinajstić information content (AvgIpc) is 3.34. The lowest BCUT2D eigenvalue weighted by Crippen LogP contribution is -2.46. The number of rotatable bonds is 2. The molecule has 1 fully saturated rings. The Morgan fingerprint density at radius 1 is 1.28 bits per heavy atom. The molecule has 0 bridgehead atoms. The second kappa shape index (κ2) is 7.86. The number of imidazole rings is 1. The molecule has 1 atom stereocenters. The van der Waals surface area contributed by atoms with Gasteiger partial charge in [0.2, 0.25) is 10.1 Å². The number of alkyl carbamates (subject to hydrolysis) is 1. The third kappa shape index (κ3) is 3.87. The zero-order valence-electron chi connectivity index (χ0n) is 18.8. The molecular weight excluding hydrogens is 537 g/mol. The first kappa shape index (κ1) is 21.9. The summed E-state index contributed by atoms with van der Waals surface area (Å²) in [6, 6.07) is 8.41. The normalized spacial score (nSPS) is 20.0. The van der Waals surface area contributed by atoms with E-state index in [2.05, 4.69) is 62.9 Å². The summed E-state index contributed by atoms with van der Waals surface area (Å²) in [5.41, 5.74) is 3.14. The van der Waals surface area contributed by atoms with Gasteiger partial charge in [0, 0.05) is 24.0 Å². The van der Waals surface area contributed by atoms with E-state index in [0.717, 1.165) is 57.4 Å². The molecule has 1 spiro atoms. The summed E-state index contributed by atoms with van der Waals surface area (Å²) in [5.74, 6) is 0. The van der Waals surface area contributed by atoms with Crippen molar-refractivity contribution in [1.29, 1.82) is 0 Å². The molecule has 3 heterocycles. The summed E-state index contributed by atoms with van der Waals surface area (Å²) in [7, 11) is 0. The fourth-order valence-electron chi connectivity index (χ4n) is 4.91. The van der Waals surface area contributed by atoms with Crippen LogP contribution < -0.4 is 10.2 Å². The maximum atomic E-state index is 12.7. The molecule has 2 aliphatic rings. The molecule has 2 aromatic heterocycles. The number of nitrogens with one attached hydrogen (secondary N) is 1. The maximum Gasteiger partial charge on any atom is 0.408 e. The lowest BCUT2D eigenvalue weighted by molar-refractivity contribution is -0.00239. The number of halogens is 1. The maximum absolute atomic E-state index is 12.7. The molecule has 1 aromatic carbocycles. The number of carbonyl (C=O) groups excluding carboxylic acids is 1. The minimum Gasteiger partial charge on any atom is -0.441 e. The van der Waals surface area contributed by atoms with Gasteiger partial charge < -0.3 is 15.0 Å². The van der Waals surface area contributed by atoms with E-state index in [4.69, 9.17) is 9.84 Å². The molecule has 3 aromatic rings. The standard InChI is InChI=1S/C23H28IN5O2S/c1-14-18(24)25-19-29(14)27-20(32-19)28-11-9-23(10-12-28)13-15-7-5-6-8-16(15)17(23)31-21(30)26-22(2,3)4/h5-8,17H,9-13H2,1-4H3,(H,26,30)/t17-/m1/s1. The van der Waals surface area contributed by atoms with Crippen molar-refractivity contribution in [3.63, 3.8) is 0 Å². The largest absolute Gasteiger partial charge is 0.441 e. The number of nitrogens with zero attached hydrogens (tertiary/aromatic N) is 4. The van der Waals surface area contributed by atoms with Gasteiger partial charge in [0.05, 0.1) is 5.69 Å². The number of piperidine rings is 1. The molecule has 0 saturated carbocycles. The van der Waals surface area contributed by atoms with Gasteiger partial charge in [-0.1, -0.05) is 35.6 Å². The van der Waals surface area contributed by atoms with Gasteiger partial charge in [-0.2, -0.15) is 0 Å². The van der Waals surface area contributed by atoms with Gasteiger partial charge in [0.15, 0.2) is 0 Å². The summed E-state index contributed by atoms with van der Waals surface area (Å²) < 4.78 is 9.06. The molecule has 1 amide bonds. The number of fused-ring (bicyclic) bond motifs is 2. The van der Waals surface area contributed by atoms with Gasteiger partial charge in [-0.15, -0.1) is 5.10 Å². The quantitative estimate of drug-likeness (QED) is 0.438. The monoisotopic (exact) mass is 565 g/mol. The predicted molar refractivity (Wildman–Crippen MR) is 134 cm³/mol. The Bertz CT molecular complexity index is 1170. The number of ether oxygens (including phenoxy) is 1. The van der Waals surface area contributed by atoms with E-state index in [1.165, 1.54) is 5.56 Å². The Kier molecular flexibility index (Phi) is 5.39. The van der Waals surface area contributed by atoms with Crippen molar-refractivity contribution >= 4 is 50.1 Å². The summed E-state index contributed by atoms with van der Waals surface area (Å²) in [6.07, 6.45) is 2.29. The molecule has 1 aliphatic heterocycles. The molecule has 5 rings (SSSR count). The molecule has 1 saturated heterocycles. The Balaban J connectivity index is 1.37. The first-order valence-corrected chi connectivity index (χ1v) is 12.9. The molecule has 32 heavy (non-hydrogen) atoms. The number of aryl methyl sites for hydroxylation is 1. The van der Waals surface area contributed by atoms with Crippen LogP contribution >= 0.6 is 33.9 Å². The van der Waals surface area contributed by atoms with Crippen molar-refractivity contribution in [2.45, 2.75) is 58.6 Å². The average molecular weight is 565 g/mol. The first-order chi connectivity index (χ1) is 15.2. The molecule has 0 unspecified atom stereocenters. The van der Waals surface area contributed by atoms with Crippen molar-refractivity contribution in [3.8, 4) is 0 Å². The molecule has 7 nitrogen and oxygen atoms in total. The van der Waals surface area contributed by atoms with Crippen molar-refractivity contribution < 1.29 is 9.53 Å². The molecule has 9 heteroatoms. The van der Waals surface area contributed by atoms with Crippen LogP contribution in [0.25, 0.3) is 4.96 Å². The number of carbonyl (C=O) groups is 1. The van der Waals surface area contributed by atoms with Crippen molar-refractivity contribution in [2.24, 2.45) is 5.41 Å². The van der Waals surface area contributed by atoms with Crippen LogP contribution in [-0.2, 0) is 11.2 Å². The topological polar surface area (TPSA) is 71.8 Å². The smallest absolute Gasteiger partial charge is 0.408 e. The molecule has 0 radical (unpaired) electrons. The third-order valence-corrected chi connectivity index (χ3v) is 8.52. The molecule has 1 N–H and O–H groups in total. The van der Waals surface area contributed by atoms with Crippen LogP contribution in [0.1, 0.15) is 56.5 Å². The van der Waals surface area contributed by atoms with Gasteiger partial charge in [-0.3, -0.25) is 0 Å². The number of amides is 1. The van der Waals surface area contributed by atoms with Gasteiger partial charge in [-0.25, -0.2) is 14.3 Å². The Hall–Kier alpha value is -1.88. The zero-order chi connectivity index (χ0) is 22.7. The van der Waals surface area contributed by atoms with Crippen molar-refractivity contribution in [2.75, 3.05) is 18.0 Å². The lowest BCUT2D eigenvalue weighted by atomic mass is 9.74. The van der Waals surface area contributed by atoms with E-state index in [0.29, 0.717) is 0 Å². The highest BCUT2D eigenvalue weighted by atomic mass is 127. The number of aromatic nitrogens is 3. The highest BCUT2D eigenvalue weighted by Gasteiger charge is 2.50. The number of hydrogen-bond acceptors (Lipinski definition) is 6. The fraction of sp³-hybridized carbons (Fsp3) is 0.522. The second-order valence-corrected chi connectivity index (χ2v) is 11.9. The minimum absolute atomic E-state index is 0.0713. The number of anilines is 1. The SMILES string of the molecule is Cc1c(I)nc2sc(N3CCC4(CC3)Cc3ccccc3[C@H]4OC(=O)NC(C)(C)C)nn12. The molecular formula is C23H28IN5O2S. The Morgan fingerprint density at radius 3 is 2.69 bits per heavy atom. The third-order valence-electron chi connectivity index (χ3n) is 6.53. The van der Waals surface area contributed by atoms with E-state index in [-0.39, 0.29) is 23.2 Å². The fourth-order valence-corrected chi connectivity index (χ4v) is 6.53. The first-order valence-electron chi connectivity index (χ1n) is 11.0. The Labute approximate surface area is 205 Å². The van der Waals surface area contributed by atoms with Crippen LogP contribution in [0, 0.1) is 16.0 Å². The van der Waals surface area contributed by atoms with E-state index in [1.807, 2.05) is 31.4 Å².